The summed E-state index contributed by atoms with van der Waals surface area (Å²) in [5.74, 6) is -0.580. The Labute approximate surface area is 120 Å². The van der Waals surface area contributed by atoms with Crippen LogP contribution in [0.4, 0.5) is 10.1 Å². The summed E-state index contributed by atoms with van der Waals surface area (Å²) in [4.78, 5) is 11.8. The van der Waals surface area contributed by atoms with Crippen LogP contribution >= 0.6 is 15.9 Å². The van der Waals surface area contributed by atoms with Gasteiger partial charge in [-0.25, -0.2) is 4.39 Å². The molecule has 0 radical (unpaired) electrons. The number of nitrogen functional groups attached to an aromatic ring is 1. The van der Waals surface area contributed by atoms with Gasteiger partial charge in [0.15, 0.2) is 6.10 Å². The van der Waals surface area contributed by atoms with Crippen LogP contribution < -0.4 is 15.8 Å². The lowest BCUT2D eigenvalue weighted by atomic mass is 10.2. The minimum Gasteiger partial charge on any atom is -0.479 e. The number of nitrogens with two attached hydrogens (primary N) is 1. The molecule has 2 unspecified atom stereocenters. The molecule has 0 heterocycles. The third kappa shape index (κ3) is 4.38. The Morgan fingerprint density at radius 1 is 1.53 bits per heavy atom. The van der Waals surface area contributed by atoms with Gasteiger partial charge in [-0.3, -0.25) is 4.79 Å². The van der Waals surface area contributed by atoms with Gasteiger partial charge in [0, 0.05) is 12.1 Å². The van der Waals surface area contributed by atoms with Crippen LogP contribution in [0.1, 0.15) is 27.2 Å². The molecule has 0 saturated heterocycles. The third-order valence-corrected chi connectivity index (χ3v) is 3.33. The second kappa shape index (κ2) is 6.75. The summed E-state index contributed by atoms with van der Waals surface area (Å²) in [5, 5.41) is 2.79. The van der Waals surface area contributed by atoms with Crippen LogP contribution in [0.5, 0.6) is 5.75 Å². The van der Waals surface area contributed by atoms with E-state index in [9.17, 15) is 9.18 Å². The molecule has 106 valence electrons. The molecule has 1 rings (SSSR count). The molecule has 2 atom stereocenters. The molecule has 0 spiro atoms. The van der Waals surface area contributed by atoms with Crippen LogP contribution in [0.25, 0.3) is 0 Å². The van der Waals surface area contributed by atoms with Crippen molar-refractivity contribution >= 4 is 27.5 Å². The van der Waals surface area contributed by atoms with Gasteiger partial charge in [0.05, 0.1) is 10.2 Å². The number of amides is 1. The number of hydrogen-bond donors (Lipinski definition) is 2. The van der Waals surface area contributed by atoms with Gasteiger partial charge in [0.25, 0.3) is 5.91 Å². The number of anilines is 1. The summed E-state index contributed by atoms with van der Waals surface area (Å²) < 4.78 is 19.0. The van der Waals surface area contributed by atoms with Crippen LogP contribution in [0.15, 0.2) is 16.6 Å². The second-order valence-electron chi connectivity index (χ2n) is 4.38. The van der Waals surface area contributed by atoms with Gasteiger partial charge >= 0.3 is 0 Å². The minimum atomic E-state index is -0.739. The van der Waals surface area contributed by atoms with Crippen molar-refractivity contribution in [3.8, 4) is 5.75 Å². The van der Waals surface area contributed by atoms with Crippen LogP contribution in [0.3, 0.4) is 0 Å². The highest BCUT2D eigenvalue weighted by molar-refractivity contribution is 9.10. The Kier molecular flexibility index (Phi) is 5.60. The highest BCUT2D eigenvalue weighted by Gasteiger charge is 2.18. The Balaban J connectivity index is 2.74. The standard InChI is InChI=1S/C13H18BrFN2O2/c1-4-7(2)17-13(18)8(3)19-12-6-10(15)9(14)5-11(12)16/h5-8H,4,16H2,1-3H3,(H,17,18). The molecule has 19 heavy (non-hydrogen) atoms. The van der Waals surface area contributed by atoms with Crippen LogP contribution in [0, 0.1) is 5.82 Å². The highest BCUT2D eigenvalue weighted by Crippen LogP contribution is 2.29. The van der Waals surface area contributed by atoms with Crippen molar-refractivity contribution in [3.63, 3.8) is 0 Å². The SMILES string of the molecule is CCC(C)NC(=O)C(C)Oc1cc(F)c(Br)cc1N. The molecule has 1 amide bonds. The lowest BCUT2D eigenvalue weighted by Crippen LogP contribution is -2.41. The van der Waals surface area contributed by atoms with Gasteiger partial charge < -0.3 is 15.8 Å². The molecule has 0 fully saturated rings. The van der Waals surface area contributed by atoms with Crippen molar-refractivity contribution in [1.82, 2.24) is 5.32 Å². The summed E-state index contributed by atoms with van der Waals surface area (Å²) in [6.45, 7) is 5.47. The van der Waals surface area contributed by atoms with E-state index in [0.717, 1.165) is 12.5 Å². The van der Waals surface area contributed by atoms with E-state index in [1.54, 1.807) is 6.92 Å². The highest BCUT2D eigenvalue weighted by atomic mass is 79.9. The number of halogens is 2. The van der Waals surface area contributed by atoms with Gasteiger partial charge in [0.2, 0.25) is 0 Å². The van der Waals surface area contributed by atoms with E-state index < -0.39 is 11.9 Å². The van der Waals surface area contributed by atoms with E-state index in [2.05, 4.69) is 21.2 Å². The maximum absolute atomic E-state index is 13.4. The van der Waals surface area contributed by atoms with E-state index in [1.165, 1.54) is 6.07 Å². The van der Waals surface area contributed by atoms with Crippen LogP contribution in [0.2, 0.25) is 0 Å². The molecule has 0 aliphatic heterocycles. The van der Waals surface area contributed by atoms with Gasteiger partial charge in [0.1, 0.15) is 11.6 Å². The molecule has 1 aromatic carbocycles. The first-order valence-corrected chi connectivity index (χ1v) is 6.86. The first kappa shape index (κ1) is 15.8. The zero-order valence-corrected chi connectivity index (χ0v) is 12.8. The summed E-state index contributed by atoms with van der Waals surface area (Å²) in [5.41, 5.74) is 5.99. The molecule has 6 heteroatoms. The Bertz CT molecular complexity index is 468. The summed E-state index contributed by atoms with van der Waals surface area (Å²) in [6, 6.07) is 2.63. The van der Waals surface area contributed by atoms with Crippen molar-refractivity contribution in [2.45, 2.75) is 39.3 Å². The predicted molar refractivity (Wildman–Crippen MR) is 76.5 cm³/mol. The molecule has 3 N–H and O–H groups in total. The lowest BCUT2D eigenvalue weighted by Gasteiger charge is -2.18. The average molecular weight is 333 g/mol. The first-order chi connectivity index (χ1) is 8.85. The average Bonchev–Trinajstić information content (AvgIpc) is 2.35. The van der Waals surface area contributed by atoms with Gasteiger partial charge in [-0.15, -0.1) is 0 Å². The predicted octanol–water partition coefficient (Wildman–Crippen LogP) is 2.85. The Morgan fingerprint density at radius 2 is 2.16 bits per heavy atom. The van der Waals surface area contributed by atoms with Crippen molar-refractivity contribution in [3.05, 3.63) is 22.4 Å². The third-order valence-electron chi connectivity index (χ3n) is 2.73. The van der Waals surface area contributed by atoms with Gasteiger partial charge in [-0.1, -0.05) is 6.92 Å². The topological polar surface area (TPSA) is 64.3 Å². The smallest absolute Gasteiger partial charge is 0.260 e. The number of rotatable bonds is 5. The quantitative estimate of drug-likeness (QED) is 0.815. The van der Waals surface area contributed by atoms with E-state index in [0.29, 0.717) is 0 Å². The molecule has 0 aliphatic carbocycles. The molecule has 0 aromatic heterocycles. The zero-order valence-electron chi connectivity index (χ0n) is 11.2. The summed E-state index contributed by atoms with van der Waals surface area (Å²) >= 11 is 3.03. The normalized spacial score (nSPS) is 13.7. The van der Waals surface area contributed by atoms with Gasteiger partial charge in [-0.05, 0) is 42.3 Å². The van der Waals surface area contributed by atoms with E-state index in [4.69, 9.17) is 10.5 Å². The summed E-state index contributed by atoms with van der Waals surface area (Å²) in [7, 11) is 0. The van der Waals surface area contributed by atoms with E-state index >= 15 is 0 Å². The number of benzene rings is 1. The second-order valence-corrected chi connectivity index (χ2v) is 5.24. The fourth-order valence-corrected chi connectivity index (χ4v) is 1.71. The van der Waals surface area contributed by atoms with Crippen molar-refractivity contribution in [1.29, 1.82) is 0 Å². The van der Waals surface area contributed by atoms with Crippen molar-refractivity contribution < 1.29 is 13.9 Å². The van der Waals surface area contributed by atoms with Gasteiger partial charge in [-0.2, -0.15) is 0 Å². The lowest BCUT2D eigenvalue weighted by molar-refractivity contribution is -0.127. The Hall–Kier alpha value is -1.30. The van der Waals surface area contributed by atoms with Crippen LogP contribution in [-0.2, 0) is 4.79 Å². The molecule has 0 bridgehead atoms. The van der Waals surface area contributed by atoms with Crippen LogP contribution in [-0.4, -0.2) is 18.1 Å². The molecule has 4 nitrogen and oxygen atoms in total. The Morgan fingerprint density at radius 3 is 2.74 bits per heavy atom. The summed E-state index contributed by atoms with van der Waals surface area (Å²) in [6.07, 6.45) is 0.0879. The fraction of sp³-hybridized carbons (Fsp3) is 0.462. The molecule has 0 aliphatic rings. The first-order valence-electron chi connectivity index (χ1n) is 6.06. The van der Waals surface area contributed by atoms with Crippen molar-refractivity contribution in [2.24, 2.45) is 0 Å². The van der Waals surface area contributed by atoms with E-state index in [1.807, 2.05) is 13.8 Å². The number of ether oxygens (including phenoxy) is 1. The number of hydrogen-bond acceptors (Lipinski definition) is 3. The molecular weight excluding hydrogens is 315 g/mol. The fourth-order valence-electron chi connectivity index (χ4n) is 1.35. The largest absolute Gasteiger partial charge is 0.479 e. The van der Waals surface area contributed by atoms with E-state index in [-0.39, 0.29) is 27.9 Å². The number of nitrogens with one attached hydrogen (secondary N) is 1. The molecular formula is C13H18BrFN2O2. The maximum Gasteiger partial charge on any atom is 0.260 e. The zero-order chi connectivity index (χ0) is 14.6. The molecule has 1 aromatic rings. The monoisotopic (exact) mass is 332 g/mol. The molecule has 0 saturated carbocycles. The maximum atomic E-state index is 13.4. The minimum absolute atomic E-state index is 0.0672. The number of carbonyl (C=O) groups is 1. The van der Waals surface area contributed by atoms with Crippen molar-refractivity contribution in [2.75, 3.05) is 5.73 Å². The number of carbonyl (C=O) groups excluding carboxylic acids is 1.